The second kappa shape index (κ2) is 7.97. The Bertz CT molecular complexity index is 623. The molecule has 1 heterocycles. The SMILES string of the molecule is Cl.N#Cc1ccc(S(=O)(=O)NCC[C@H]2CCCN2)c(Cl)c1. The van der Waals surface area contributed by atoms with Crippen LogP contribution in [0.2, 0.25) is 5.02 Å². The number of benzene rings is 1. The topological polar surface area (TPSA) is 82.0 Å². The van der Waals surface area contributed by atoms with Crippen LogP contribution in [0, 0.1) is 11.3 Å². The van der Waals surface area contributed by atoms with Crippen molar-refractivity contribution >= 4 is 34.0 Å². The van der Waals surface area contributed by atoms with Crippen LogP contribution in [0.15, 0.2) is 23.1 Å². The third-order valence-electron chi connectivity index (χ3n) is 3.30. The van der Waals surface area contributed by atoms with Crippen molar-refractivity contribution in [2.75, 3.05) is 13.1 Å². The van der Waals surface area contributed by atoms with E-state index in [1.165, 1.54) is 18.2 Å². The summed E-state index contributed by atoms with van der Waals surface area (Å²) in [6.45, 7) is 1.37. The molecule has 21 heavy (non-hydrogen) atoms. The van der Waals surface area contributed by atoms with Crippen molar-refractivity contribution in [3.05, 3.63) is 28.8 Å². The molecule has 0 radical (unpaired) electrons. The molecular formula is C13H17Cl2N3O2S. The Morgan fingerprint density at radius 2 is 2.24 bits per heavy atom. The summed E-state index contributed by atoms with van der Waals surface area (Å²) in [7, 11) is -3.63. The van der Waals surface area contributed by atoms with E-state index in [2.05, 4.69) is 10.0 Å². The van der Waals surface area contributed by atoms with E-state index in [-0.39, 0.29) is 22.3 Å². The van der Waals surface area contributed by atoms with E-state index in [4.69, 9.17) is 16.9 Å². The first-order valence-electron chi connectivity index (χ1n) is 6.45. The molecule has 1 saturated heterocycles. The van der Waals surface area contributed by atoms with Gasteiger partial charge in [0.1, 0.15) is 4.90 Å². The predicted molar refractivity (Wildman–Crippen MR) is 84.2 cm³/mol. The molecule has 1 aliphatic rings. The lowest BCUT2D eigenvalue weighted by molar-refractivity contribution is 0.539. The van der Waals surface area contributed by atoms with Crippen molar-refractivity contribution in [1.29, 1.82) is 5.26 Å². The van der Waals surface area contributed by atoms with Crippen molar-refractivity contribution in [2.45, 2.75) is 30.2 Å². The molecule has 0 saturated carbocycles. The summed E-state index contributed by atoms with van der Waals surface area (Å²) in [5, 5.41) is 12.1. The maximum Gasteiger partial charge on any atom is 0.242 e. The average molecular weight is 350 g/mol. The van der Waals surface area contributed by atoms with Crippen LogP contribution in [0.4, 0.5) is 0 Å². The quantitative estimate of drug-likeness (QED) is 0.852. The zero-order chi connectivity index (χ0) is 14.6. The van der Waals surface area contributed by atoms with E-state index < -0.39 is 10.0 Å². The van der Waals surface area contributed by atoms with Crippen molar-refractivity contribution in [2.24, 2.45) is 0 Å². The van der Waals surface area contributed by atoms with Crippen LogP contribution < -0.4 is 10.0 Å². The van der Waals surface area contributed by atoms with Crippen molar-refractivity contribution < 1.29 is 8.42 Å². The van der Waals surface area contributed by atoms with Gasteiger partial charge in [-0.2, -0.15) is 5.26 Å². The summed E-state index contributed by atoms with van der Waals surface area (Å²) >= 11 is 5.92. The number of nitrogens with one attached hydrogen (secondary N) is 2. The van der Waals surface area contributed by atoms with Gasteiger partial charge in [-0.1, -0.05) is 11.6 Å². The number of halogens is 2. The van der Waals surface area contributed by atoms with Crippen molar-refractivity contribution in [3.63, 3.8) is 0 Å². The molecule has 2 rings (SSSR count). The molecular weight excluding hydrogens is 333 g/mol. The Hall–Kier alpha value is -0.840. The predicted octanol–water partition coefficient (Wildman–Crippen LogP) is 2.05. The Labute approximate surface area is 136 Å². The highest BCUT2D eigenvalue weighted by Crippen LogP contribution is 2.22. The van der Waals surface area contributed by atoms with Crippen LogP contribution in [-0.2, 0) is 10.0 Å². The van der Waals surface area contributed by atoms with E-state index in [1.807, 2.05) is 6.07 Å². The maximum absolute atomic E-state index is 12.1. The first kappa shape index (κ1) is 18.2. The molecule has 1 atom stereocenters. The molecule has 1 aromatic carbocycles. The molecule has 0 amide bonds. The minimum absolute atomic E-state index is 0. The zero-order valence-corrected chi connectivity index (χ0v) is 13.7. The van der Waals surface area contributed by atoms with E-state index in [0.717, 1.165) is 25.8 Å². The van der Waals surface area contributed by atoms with Gasteiger partial charge in [0.25, 0.3) is 0 Å². The molecule has 116 valence electrons. The first-order chi connectivity index (χ1) is 9.53. The summed E-state index contributed by atoms with van der Waals surface area (Å²) in [4.78, 5) is 0.0116. The number of rotatable bonds is 5. The standard InChI is InChI=1S/C13H16ClN3O2S.ClH/c14-12-8-10(9-15)3-4-13(12)20(18,19)17-7-5-11-2-1-6-16-11;/h3-4,8,11,16-17H,1-2,5-7H2;1H/t11-;/m1./s1. The van der Waals surface area contributed by atoms with Crippen LogP contribution in [-0.4, -0.2) is 27.5 Å². The van der Waals surface area contributed by atoms with Gasteiger partial charge in [-0.25, -0.2) is 13.1 Å². The van der Waals surface area contributed by atoms with Gasteiger partial charge in [0.2, 0.25) is 10.0 Å². The number of hydrogen-bond acceptors (Lipinski definition) is 4. The summed E-state index contributed by atoms with van der Waals surface area (Å²) < 4.78 is 26.8. The monoisotopic (exact) mass is 349 g/mol. The molecule has 0 unspecified atom stereocenters. The first-order valence-corrected chi connectivity index (χ1v) is 8.32. The third-order valence-corrected chi connectivity index (χ3v) is 5.24. The fourth-order valence-electron chi connectivity index (χ4n) is 2.24. The van der Waals surface area contributed by atoms with E-state index in [1.54, 1.807) is 0 Å². The summed E-state index contributed by atoms with van der Waals surface area (Å²) in [5.74, 6) is 0. The van der Waals surface area contributed by atoms with Gasteiger partial charge < -0.3 is 5.32 Å². The molecule has 0 spiro atoms. The van der Waals surface area contributed by atoms with Gasteiger partial charge in [-0.3, -0.25) is 0 Å². The average Bonchev–Trinajstić information content (AvgIpc) is 2.91. The Kier molecular flexibility index (Phi) is 6.91. The van der Waals surface area contributed by atoms with E-state index >= 15 is 0 Å². The fourth-order valence-corrected chi connectivity index (χ4v) is 3.83. The van der Waals surface area contributed by atoms with Gasteiger partial charge in [0, 0.05) is 12.6 Å². The Morgan fingerprint density at radius 3 is 2.81 bits per heavy atom. The summed E-state index contributed by atoms with van der Waals surface area (Å²) in [6.07, 6.45) is 2.98. The number of hydrogen-bond donors (Lipinski definition) is 2. The minimum Gasteiger partial charge on any atom is -0.314 e. The second-order valence-electron chi connectivity index (χ2n) is 4.74. The zero-order valence-electron chi connectivity index (χ0n) is 11.3. The molecule has 8 heteroatoms. The highest BCUT2D eigenvalue weighted by Gasteiger charge is 2.19. The number of sulfonamides is 1. The van der Waals surface area contributed by atoms with Crippen LogP contribution in [0.5, 0.6) is 0 Å². The Morgan fingerprint density at radius 1 is 1.48 bits per heavy atom. The molecule has 0 aromatic heterocycles. The van der Waals surface area contributed by atoms with Crippen LogP contribution in [0.25, 0.3) is 0 Å². The molecule has 0 aliphatic carbocycles. The maximum atomic E-state index is 12.1. The normalized spacial score (nSPS) is 18.0. The highest BCUT2D eigenvalue weighted by molar-refractivity contribution is 7.89. The van der Waals surface area contributed by atoms with E-state index in [0.29, 0.717) is 18.2 Å². The van der Waals surface area contributed by atoms with Crippen LogP contribution >= 0.6 is 24.0 Å². The van der Waals surface area contributed by atoms with Crippen LogP contribution in [0.1, 0.15) is 24.8 Å². The van der Waals surface area contributed by atoms with Crippen LogP contribution in [0.3, 0.4) is 0 Å². The molecule has 0 bridgehead atoms. The summed E-state index contributed by atoms with van der Waals surface area (Å²) in [6, 6.07) is 6.46. The second-order valence-corrected chi connectivity index (χ2v) is 6.88. The summed E-state index contributed by atoms with van der Waals surface area (Å²) in [5.41, 5.74) is 0.337. The largest absolute Gasteiger partial charge is 0.314 e. The minimum atomic E-state index is -3.63. The number of nitrogens with zero attached hydrogens (tertiary/aromatic N) is 1. The molecule has 5 nitrogen and oxygen atoms in total. The molecule has 1 aliphatic heterocycles. The molecule has 1 aromatic rings. The van der Waals surface area contributed by atoms with Gasteiger partial charge in [0.05, 0.1) is 16.7 Å². The van der Waals surface area contributed by atoms with Gasteiger partial charge in [0.15, 0.2) is 0 Å². The van der Waals surface area contributed by atoms with Gasteiger partial charge in [-0.05, 0) is 44.0 Å². The molecule has 1 fully saturated rings. The van der Waals surface area contributed by atoms with E-state index in [9.17, 15) is 8.42 Å². The molecule has 2 N–H and O–H groups in total. The number of nitriles is 1. The van der Waals surface area contributed by atoms with Crippen molar-refractivity contribution in [3.8, 4) is 6.07 Å². The third kappa shape index (κ3) is 4.83. The van der Waals surface area contributed by atoms with Crippen molar-refractivity contribution in [1.82, 2.24) is 10.0 Å². The highest BCUT2D eigenvalue weighted by atomic mass is 35.5. The smallest absolute Gasteiger partial charge is 0.242 e. The Balaban J connectivity index is 0.00000220. The fraction of sp³-hybridized carbons (Fsp3) is 0.462. The lowest BCUT2D eigenvalue weighted by Crippen LogP contribution is -2.30. The van der Waals surface area contributed by atoms with Gasteiger partial charge >= 0.3 is 0 Å². The lowest BCUT2D eigenvalue weighted by atomic mass is 10.2. The lowest BCUT2D eigenvalue weighted by Gasteiger charge is -2.12. The van der Waals surface area contributed by atoms with Gasteiger partial charge in [-0.15, -0.1) is 12.4 Å².